The highest BCUT2D eigenvalue weighted by atomic mass is 19.1. The number of carbonyl (C=O) groups is 1. The molecule has 7 nitrogen and oxygen atoms in total. The number of nitrogens with zero attached hydrogens (tertiary/aromatic N) is 2. The van der Waals surface area contributed by atoms with Crippen LogP contribution in [0.3, 0.4) is 0 Å². The minimum atomic E-state index is -2.21. The maximum Gasteiger partial charge on any atom is 0.512 e. The molecule has 1 aliphatic heterocycles. The lowest BCUT2D eigenvalue weighted by molar-refractivity contribution is 0.0945. The molecule has 3 rings (SSSR count). The molecule has 0 atom stereocenters. The number of nitrogens with two attached hydrogens (primary N) is 1. The number of nitrogens with one attached hydrogen (secondary N) is 1. The molecule has 0 aliphatic carbocycles. The second-order valence-electron chi connectivity index (χ2n) is 5.00. The van der Waals surface area contributed by atoms with Gasteiger partial charge in [-0.05, 0) is 24.1 Å². The molecule has 5 N–H and O–H groups in total. The number of hydrogen-bond donors (Lipinski definition) is 4. The van der Waals surface area contributed by atoms with Crippen LogP contribution in [-0.4, -0.2) is 39.6 Å². The van der Waals surface area contributed by atoms with Crippen molar-refractivity contribution in [2.75, 3.05) is 12.3 Å². The summed E-state index contributed by atoms with van der Waals surface area (Å²) in [4.78, 5) is 18.7. The van der Waals surface area contributed by atoms with Crippen LogP contribution in [0.2, 0.25) is 0 Å². The minimum absolute atomic E-state index is 0.0923. The average Bonchev–Trinajstić information content (AvgIpc) is 2.48. The van der Waals surface area contributed by atoms with Gasteiger partial charge in [-0.3, -0.25) is 4.79 Å². The third kappa shape index (κ3) is 2.62. The van der Waals surface area contributed by atoms with Crippen LogP contribution in [0, 0.1) is 11.8 Å². The lowest BCUT2D eigenvalue weighted by Gasteiger charge is -2.18. The van der Waals surface area contributed by atoms with E-state index in [9.17, 15) is 13.6 Å². The summed E-state index contributed by atoms with van der Waals surface area (Å²) in [6.07, 6.45) is 0.484. The van der Waals surface area contributed by atoms with Crippen LogP contribution in [0.15, 0.2) is 12.1 Å². The molecule has 0 bridgehead atoms. The zero-order valence-corrected chi connectivity index (χ0v) is 11.7. The number of amides is 1. The van der Waals surface area contributed by atoms with Crippen LogP contribution in [0.5, 0.6) is 0 Å². The van der Waals surface area contributed by atoms with Crippen molar-refractivity contribution in [3.05, 3.63) is 35.0 Å². The normalized spacial score (nSPS) is 13.5. The summed E-state index contributed by atoms with van der Waals surface area (Å²) in [6.45, 7) is 0.405. The highest BCUT2D eigenvalue weighted by Crippen LogP contribution is 2.28. The summed E-state index contributed by atoms with van der Waals surface area (Å²) in [5.74, 6) is -2.84. The van der Waals surface area contributed by atoms with Crippen LogP contribution in [0.1, 0.15) is 15.9 Å². The largest absolute Gasteiger partial charge is 0.512 e. The van der Waals surface area contributed by atoms with E-state index in [1.165, 1.54) is 6.07 Å². The van der Waals surface area contributed by atoms with Gasteiger partial charge >= 0.3 is 7.12 Å². The summed E-state index contributed by atoms with van der Waals surface area (Å²) in [6, 6.07) is 2.42. The van der Waals surface area contributed by atoms with Crippen molar-refractivity contribution in [2.24, 2.45) is 0 Å². The first kappa shape index (κ1) is 15.3. The van der Waals surface area contributed by atoms with E-state index < -0.39 is 30.3 Å². The van der Waals surface area contributed by atoms with Crippen molar-refractivity contribution < 1.29 is 23.6 Å². The van der Waals surface area contributed by atoms with Gasteiger partial charge in [0.2, 0.25) is 5.95 Å². The maximum atomic E-state index is 14.3. The highest BCUT2D eigenvalue weighted by Gasteiger charge is 2.26. The minimum Gasteiger partial charge on any atom is -0.422 e. The fourth-order valence-corrected chi connectivity index (χ4v) is 2.43. The molecule has 0 fully saturated rings. The molecule has 1 aromatic heterocycles. The quantitative estimate of drug-likeness (QED) is 0.525. The van der Waals surface area contributed by atoms with Gasteiger partial charge in [-0.1, -0.05) is 0 Å². The summed E-state index contributed by atoms with van der Waals surface area (Å²) in [5.41, 5.74) is 5.29. The van der Waals surface area contributed by atoms with Crippen molar-refractivity contribution in [3.63, 3.8) is 0 Å². The number of carbonyl (C=O) groups excluding carboxylic acids is 1. The summed E-state index contributed by atoms with van der Waals surface area (Å²) < 4.78 is 27.8. The van der Waals surface area contributed by atoms with Gasteiger partial charge < -0.3 is 21.1 Å². The first-order chi connectivity index (χ1) is 10.9. The number of anilines is 1. The SMILES string of the molecule is Nc1nc(F)c(B(O)O)nc1-c1cc2c(cc1F)C(=O)NCC2. The van der Waals surface area contributed by atoms with Gasteiger partial charge in [-0.25, -0.2) is 9.37 Å². The average molecular weight is 320 g/mol. The van der Waals surface area contributed by atoms with Gasteiger partial charge in [0.05, 0.1) is 0 Å². The van der Waals surface area contributed by atoms with E-state index in [1.54, 1.807) is 0 Å². The lowest BCUT2D eigenvalue weighted by atomic mass is 9.86. The summed E-state index contributed by atoms with van der Waals surface area (Å²) in [7, 11) is -2.21. The molecule has 0 radical (unpaired) electrons. The first-order valence-electron chi connectivity index (χ1n) is 6.68. The zero-order valence-electron chi connectivity index (χ0n) is 11.7. The third-order valence-electron chi connectivity index (χ3n) is 3.52. The Labute approximate surface area is 129 Å². The zero-order chi connectivity index (χ0) is 16.7. The van der Waals surface area contributed by atoms with Crippen molar-refractivity contribution in [1.29, 1.82) is 0 Å². The number of fused-ring (bicyclic) bond motifs is 1. The topological polar surface area (TPSA) is 121 Å². The van der Waals surface area contributed by atoms with Crippen molar-refractivity contribution in [3.8, 4) is 11.3 Å². The number of aromatic nitrogens is 2. The molecule has 1 aliphatic rings. The van der Waals surface area contributed by atoms with E-state index in [-0.39, 0.29) is 22.7 Å². The maximum absolute atomic E-state index is 14.3. The Bertz CT molecular complexity index is 816. The van der Waals surface area contributed by atoms with Crippen LogP contribution in [0.25, 0.3) is 11.3 Å². The molecule has 1 aromatic carbocycles. The van der Waals surface area contributed by atoms with E-state index >= 15 is 0 Å². The van der Waals surface area contributed by atoms with E-state index in [4.69, 9.17) is 15.8 Å². The Morgan fingerprint density at radius 1 is 1.22 bits per heavy atom. The molecule has 1 amide bonds. The molecule has 10 heteroatoms. The van der Waals surface area contributed by atoms with Crippen molar-refractivity contribution in [1.82, 2.24) is 15.3 Å². The first-order valence-corrected chi connectivity index (χ1v) is 6.68. The second-order valence-corrected chi connectivity index (χ2v) is 5.00. The number of rotatable bonds is 2. The molecule has 118 valence electrons. The van der Waals surface area contributed by atoms with Gasteiger partial charge in [0, 0.05) is 17.7 Å². The number of benzene rings is 1. The molecule has 2 aromatic rings. The van der Waals surface area contributed by atoms with E-state index in [0.717, 1.165) is 6.07 Å². The standard InChI is InChI=1S/C13H11BF2N4O3/c15-8-4-6-5(1-2-18-13(6)21)3-7(8)9-12(17)20-11(16)10(19-9)14(22)23/h3-4,22-23H,1-2H2,(H2,17,20)(H,18,21). The molecular weight excluding hydrogens is 309 g/mol. The van der Waals surface area contributed by atoms with Gasteiger partial charge in [0.15, 0.2) is 5.82 Å². The fourth-order valence-electron chi connectivity index (χ4n) is 2.43. The number of nitrogen functional groups attached to an aromatic ring is 1. The molecule has 2 heterocycles. The van der Waals surface area contributed by atoms with Crippen LogP contribution in [0.4, 0.5) is 14.6 Å². The van der Waals surface area contributed by atoms with E-state index in [0.29, 0.717) is 18.5 Å². The smallest absolute Gasteiger partial charge is 0.422 e. The Morgan fingerprint density at radius 3 is 2.65 bits per heavy atom. The number of halogens is 2. The van der Waals surface area contributed by atoms with Gasteiger partial charge in [-0.2, -0.15) is 9.37 Å². The summed E-state index contributed by atoms with van der Waals surface area (Å²) in [5, 5.41) is 20.8. The van der Waals surface area contributed by atoms with Gasteiger partial charge in [0.25, 0.3) is 5.91 Å². The molecule has 0 spiro atoms. The molecule has 0 unspecified atom stereocenters. The van der Waals surface area contributed by atoms with E-state index in [1.807, 2.05) is 0 Å². The monoisotopic (exact) mass is 320 g/mol. The van der Waals surface area contributed by atoms with Crippen LogP contribution < -0.4 is 16.6 Å². The lowest BCUT2D eigenvalue weighted by Crippen LogP contribution is -2.37. The Kier molecular flexibility index (Phi) is 3.70. The molecule has 0 saturated carbocycles. The van der Waals surface area contributed by atoms with Crippen LogP contribution >= 0.6 is 0 Å². The Morgan fingerprint density at radius 2 is 1.96 bits per heavy atom. The van der Waals surface area contributed by atoms with Crippen LogP contribution in [-0.2, 0) is 6.42 Å². The number of hydrogen-bond acceptors (Lipinski definition) is 6. The highest BCUT2D eigenvalue weighted by molar-refractivity contribution is 6.57. The van der Waals surface area contributed by atoms with E-state index in [2.05, 4.69) is 15.3 Å². The fraction of sp³-hybridized carbons (Fsp3) is 0.154. The van der Waals surface area contributed by atoms with Gasteiger partial charge in [0.1, 0.15) is 17.1 Å². The van der Waals surface area contributed by atoms with Crippen molar-refractivity contribution >= 4 is 24.4 Å². The predicted molar refractivity (Wildman–Crippen MR) is 77.7 cm³/mol. The Hall–Kier alpha value is -2.59. The third-order valence-corrected chi connectivity index (χ3v) is 3.52. The Balaban J connectivity index is 2.19. The molecule has 0 saturated heterocycles. The molecular formula is C13H11BF2N4O3. The summed E-state index contributed by atoms with van der Waals surface area (Å²) >= 11 is 0. The van der Waals surface area contributed by atoms with Gasteiger partial charge in [-0.15, -0.1) is 0 Å². The predicted octanol–water partition coefficient (Wildman–Crippen LogP) is -1.03. The second kappa shape index (κ2) is 5.56. The van der Waals surface area contributed by atoms with Crippen molar-refractivity contribution in [2.45, 2.75) is 6.42 Å². The molecule has 23 heavy (non-hydrogen) atoms.